The first-order valence-corrected chi connectivity index (χ1v) is 10.9. The predicted molar refractivity (Wildman–Crippen MR) is 123 cm³/mol. The number of piperazine rings is 1. The molecule has 1 fully saturated rings. The summed E-state index contributed by atoms with van der Waals surface area (Å²) in [7, 11) is 2.17. The second-order valence-electron chi connectivity index (χ2n) is 8.21. The Bertz CT molecular complexity index is 1040. The van der Waals surface area contributed by atoms with Crippen molar-refractivity contribution in [3.05, 3.63) is 53.9 Å². The van der Waals surface area contributed by atoms with E-state index in [-0.39, 0.29) is 12.5 Å². The highest BCUT2D eigenvalue weighted by Crippen LogP contribution is 2.22. The maximum Gasteiger partial charge on any atom is 0.262 e. The summed E-state index contributed by atoms with van der Waals surface area (Å²) in [5.74, 6) is 1.58. The highest BCUT2D eigenvalue weighted by atomic mass is 16.5. The van der Waals surface area contributed by atoms with Gasteiger partial charge in [-0.2, -0.15) is 0 Å². The van der Waals surface area contributed by atoms with Gasteiger partial charge in [0, 0.05) is 38.4 Å². The van der Waals surface area contributed by atoms with Crippen molar-refractivity contribution in [3.63, 3.8) is 0 Å². The summed E-state index contributed by atoms with van der Waals surface area (Å²) >= 11 is 0. The van der Waals surface area contributed by atoms with Crippen molar-refractivity contribution in [3.8, 4) is 5.75 Å². The standard InChI is InChI=1S/C24H31N5O2/c1-4-29-22-10-7-19(25-24(30)17-31-20-8-5-18(2)6-9-20)15-21(22)26-23(29)16-28-13-11-27(3)12-14-28/h5-10,15H,4,11-14,16-17H2,1-3H3,(H,25,30). The zero-order valence-corrected chi connectivity index (χ0v) is 18.6. The number of benzene rings is 2. The molecule has 1 saturated heterocycles. The normalized spacial score (nSPS) is 15.3. The molecule has 4 rings (SSSR count). The van der Waals surface area contributed by atoms with E-state index in [1.54, 1.807) is 0 Å². The van der Waals surface area contributed by atoms with Gasteiger partial charge in [-0.3, -0.25) is 9.69 Å². The molecule has 1 aliphatic heterocycles. The van der Waals surface area contributed by atoms with E-state index in [4.69, 9.17) is 9.72 Å². The summed E-state index contributed by atoms with van der Waals surface area (Å²) in [4.78, 5) is 22.0. The van der Waals surface area contributed by atoms with E-state index in [1.807, 2.05) is 49.4 Å². The van der Waals surface area contributed by atoms with Crippen molar-refractivity contribution in [2.24, 2.45) is 0 Å². The zero-order chi connectivity index (χ0) is 21.8. The Morgan fingerprint density at radius 1 is 1.10 bits per heavy atom. The van der Waals surface area contributed by atoms with E-state index in [2.05, 4.69) is 33.7 Å². The first kappa shape index (κ1) is 21.3. The molecule has 7 heteroatoms. The molecule has 0 radical (unpaired) electrons. The summed E-state index contributed by atoms with van der Waals surface area (Å²) < 4.78 is 7.84. The number of aryl methyl sites for hydroxylation is 2. The van der Waals surface area contributed by atoms with Crippen LogP contribution in [0.15, 0.2) is 42.5 Å². The quantitative estimate of drug-likeness (QED) is 0.635. The van der Waals surface area contributed by atoms with Crippen LogP contribution in [0.2, 0.25) is 0 Å². The number of hydrogen-bond acceptors (Lipinski definition) is 5. The minimum atomic E-state index is -0.187. The number of nitrogens with zero attached hydrogens (tertiary/aromatic N) is 4. The van der Waals surface area contributed by atoms with E-state index in [0.717, 1.165) is 67.4 Å². The summed E-state index contributed by atoms with van der Waals surface area (Å²) in [6.07, 6.45) is 0. The maximum atomic E-state index is 12.3. The number of anilines is 1. The number of nitrogens with one attached hydrogen (secondary N) is 1. The van der Waals surface area contributed by atoms with Crippen molar-refractivity contribution >= 4 is 22.6 Å². The number of hydrogen-bond donors (Lipinski definition) is 1. The molecule has 0 unspecified atom stereocenters. The van der Waals surface area contributed by atoms with E-state index in [9.17, 15) is 4.79 Å². The molecule has 0 spiro atoms. The molecule has 0 aliphatic carbocycles. The lowest BCUT2D eigenvalue weighted by atomic mass is 10.2. The van der Waals surface area contributed by atoms with Gasteiger partial charge in [0.05, 0.1) is 17.6 Å². The average molecular weight is 422 g/mol. The largest absolute Gasteiger partial charge is 0.484 e. The number of ether oxygens (including phenoxy) is 1. The molecule has 1 N–H and O–H groups in total. The molecule has 3 aromatic rings. The minimum absolute atomic E-state index is 0.0286. The molecule has 0 bridgehead atoms. The Labute approximate surface area is 183 Å². The van der Waals surface area contributed by atoms with Gasteiger partial charge in [0.25, 0.3) is 5.91 Å². The van der Waals surface area contributed by atoms with Crippen molar-refractivity contribution in [2.75, 3.05) is 45.2 Å². The highest BCUT2D eigenvalue weighted by Gasteiger charge is 2.18. The number of carbonyl (C=O) groups excluding carboxylic acids is 1. The lowest BCUT2D eigenvalue weighted by Crippen LogP contribution is -2.44. The smallest absolute Gasteiger partial charge is 0.262 e. The molecular weight excluding hydrogens is 390 g/mol. The predicted octanol–water partition coefficient (Wildman–Crippen LogP) is 3.13. The van der Waals surface area contributed by atoms with Gasteiger partial charge in [0.1, 0.15) is 11.6 Å². The summed E-state index contributed by atoms with van der Waals surface area (Å²) in [5.41, 5.74) is 3.89. The second-order valence-corrected chi connectivity index (χ2v) is 8.21. The lowest BCUT2D eigenvalue weighted by Gasteiger charge is -2.32. The third-order valence-electron chi connectivity index (χ3n) is 5.78. The highest BCUT2D eigenvalue weighted by molar-refractivity contribution is 5.94. The minimum Gasteiger partial charge on any atom is -0.484 e. The Kier molecular flexibility index (Phi) is 6.53. The molecule has 2 heterocycles. The van der Waals surface area contributed by atoms with E-state index >= 15 is 0 Å². The topological polar surface area (TPSA) is 62.6 Å². The van der Waals surface area contributed by atoms with Crippen molar-refractivity contribution in [2.45, 2.75) is 26.9 Å². The van der Waals surface area contributed by atoms with Gasteiger partial charge in [-0.25, -0.2) is 4.98 Å². The van der Waals surface area contributed by atoms with Gasteiger partial charge in [-0.05, 0) is 51.2 Å². The third kappa shape index (κ3) is 5.24. The number of amides is 1. The average Bonchev–Trinajstić information content (AvgIpc) is 3.11. The van der Waals surface area contributed by atoms with Gasteiger partial charge < -0.3 is 19.5 Å². The Hall–Kier alpha value is -2.90. The zero-order valence-electron chi connectivity index (χ0n) is 18.6. The molecular formula is C24H31N5O2. The maximum absolute atomic E-state index is 12.3. The van der Waals surface area contributed by atoms with Gasteiger partial charge in [-0.15, -0.1) is 0 Å². The summed E-state index contributed by atoms with van der Waals surface area (Å²) in [6, 6.07) is 13.6. The Morgan fingerprint density at radius 3 is 2.55 bits per heavy atom. The first-order valence-electron chi connectivity index (χ1n) is 10.9. The fourth-order valence-electron chi connectivity index (χ4n) is 3.92. The van der Waals surface area contributed by atoms with Crippen LogP contribution in [0, 0.1) is 6.92 Å². The molecule has 164 valence electrons. The van der Waals surface area contributed by atoms with Gasteiger partial charge in [-0.1, -0.05) is 17.7 Å². The molecule has 1 aliphatic rings. The van der Waals surface area contributed by atoms with Gasteiger partial charge in [0.2, 0.25) is 0 Å². The van der Waals surface area contributed by atoms with Crippen molar-refractivity contribution in [1.82, 2.24) is 19.4 Å². The van der Waals surface area contributed by atoms with Crippen LogP contribution in [-0.2, 0) is 17.9 Å². The molecule has 1 aromatic heterocycles. The van der Waals surface area contributed by atoms with Crippen LogP contribution in [0.3, 0.4) is 0 Å². The van der Waals surface area contributed by atoms with Crippen molar-refractivity contribution < 1.29 is 9.53 Å². The molecule has 31 heavy (non-hydrogen) atoms. The fraction of sp³-hybridized carbons (Fsp3) is 0.417. The third-order valence-corrected chi connectivity index (χ3v) is 5.78. The number of fused-ring (bicyclic) bond motifs is 1. The van der Waals surface area contributed by atoms with Crippen LogP contribution in [0.5, 0.6) is 5.75 Å². The van der Waals surface area contributed by atoms with E-state index in [1.165, 1.54) is 0 Å². The fourth-order valence-corrected chi connectivity index (χ4v) is 3.92. The summed E-state index contributed by atoms with van der Waals surface area (Å²) in [6.45, 7) is 10.2. The van der Waals surface area contributed by atoms with E-state index < -0.39 is 0 Å². The number of imidazole rings is 1. The van der Waals surface area contributed by atoms with E-state index in [0.29, 0.717) is 5.75 Å². The molecule has 7 nitrogen and oxygen atoms in total. The first-order chi connectivity index (χ1) is 15.0. The number of rotatable bonds is 7. The molecule has 2 aromatic carbocycles. The van der Waals surface area contributed by atoms with Crippen LogP contribution in [0.1, 0.15) is 18.3 Å². The van der Waals surface area contributed by atoms with Crippen molar-refractivity contribution in [1.29, 1.82) is 0 Å². The molecule has 1 amide bonds. The van der Waals surface area contributed by atoms with Crippen LogP contribution in [-0.4, -0.2) is 65.1 Å². The van der Waals surface area contributed by atoms with Crippen LogP contribution in [0.25, 0.3) is 11.0 Å². The Morgan fingerprint density at radius 2 is 1.84 bits per heavy atom. The number of aromatic nitrogens is 2. The van der Waals surface area contributed by atoms with Crippen LogP contribution < -0.4 is 10.1 Å². The molecule has 0 atom stereocenters. The van der Waals surface area contributed by atoms with Gasteiger partial charge in [0.15, 0.2) is 6.61 Å². The Balaban J connectivity index is 1.42. The van der Waals surface area contributed by atoms with Crippen LogP contribution in [0.4, 0.5) is 5.69 Å². The number of likely N-dealkylation sites (N-methyl/N-ethyl adjacent to an activating group) is 1. The second kappa shape index (κ2) is 9.49. The lowest BCUT2D eigenvalue weighted by molar-refractivity contribution is -0.118. The SMILES string of the molecule is CCn1c(CN2CCN(C)CC2)nc2cc(NC(=O)COc3ccc(C)cc3)ccc21. The monoisotopic (exact) mass is 421 g/mol. The summed E-state index contributed by atoms with van der Waals surface area (Å²) in [5, 5.41) is 2.92. The van der Waals surface area contributed by atoms with Gasteiger partial charge >= 0.3 is 0 Å². The molecule has 0 saturated carbocycles. The van der Waals surface area contributed by atoms with Crippen LogP contribution >= 0.6 is 0 Å². The number of carbonyl (C=O) groups is 1.